The summed E-state index contributed by atoms with van der Waals surface area (Å²) in [5, 5.41) is 3.60. The molecule has 0 aliphatic heterocycles. The number of fused-ring (bicyclic) bond motifs is 2. The molecule has 0 saturated heterocycles. The minimum absolute atomic E-state index is 0.160. The lowest BCUT2D eigenvalue weighted by molar-refractivity contribution is 0.0927. The van der Waals surface area contributed by atoms with Crippen molar-refractivity contribution in [1.82, 2.24) is 20.3 Å². The number of hydrogen-bond acceptors (Lipinski definition) is 5. The highest BCUT2D eigenvalue weighted by Crippen LogP contribution is 2.29. The fourth-order valence-corrected chi connectivity index (χ4v) is 3.46. The minimum Gasteiger partial charge on any atom is -0.350 e. The molecule has 1 atom stereocenters. The van der Waals surface area contributed by atoms with Gasteiger partial charge in [-0.3, -0.25) is 9.59 Å². The van der Waals surface area contributed by atoms with Gasteiger partial charge in [0.1, 0.15) is 5.69 Å². The molecule has 138 valence electrons. The van der Waals surface area contributed by atoms with E-state index in [0.29, 0.717) is 16.9 Å². The number of pyridine rings is 1. The number of hydrogen-bond donors (Lipinski definition) is 2. The van der Waals surface area contributed by atoms with Crippen molar-refractivity contribution >= 4 is 22.8 Å². The van der Waals surface area contributed by atoms with Crippen LogP contribution in [0.5, 0.6) is 0 Å². The van der Waals surface area contributed by atoms with Crippen molar-refractivity contribution in [3.05, 3.63) is 63.7 Å². The molecule has 0 fully saturated rings. The van der Waals surface area contributed by atoms with Crippen molar-refractivity contribution in [2.45, 2.75) is 25.3 Å². The molecule has 4 rings (SSSR count). The molecule has 7 nitrogen and oxygen atoms in total. The van der Waals surface area contributed by atoms with Crippen LogP contribution in [0, 0.1) is 0 Å². The summed E-state index contributed by atoms with van der Waals surface area (Å²) < 4.78 is 0. The van der Waals surface area contributed by atoms with Gasteiger partial charge in [-0.25, -0.2) is 9.97 Å². The van der Waals surface area contributed by atoms with Crippen molar-refractivity contribution in [3.8, 4) is 0 Å². The normalized spacial score (nSPS) is 16.0. The van der Waals surface area contributed by atoms with Crippen molar-refractivity contribution in [1.29, 1.82) is 0 Å². The molecule has 3 aromatic rings. The van der Waals surface area contributed by atoms with Crippen LogP contribution >= 0.6 is 0 Å². The van der Waals surface area contributed by atoms with Crippen LogP contribution in [-0.2, 0) is 6.42 Å². The molecule has 2 heterocycles. The Labute approximate surface area is 156 Å². The maximum Gasteiger partial charge on any atom is 0.268 e. The van der Waals surface area contributed by atoms with E-state index in [0.717, 1.165) is 30.5 Å². The van der Waals surface area contributed by atoms with Crippen LogP contribution in [0.15, 0.2) is 41.3 Å². The Kier molecular flexibility index (Phi) is 4.35. The first kappa shape index (κ1) is 17.2. The fourth-order valence-electron chi connectivity index (χ4n) is 3.46. The number of carbonyl (C=O) groups excluding carboxylic acids is 1. The molecule has 0 radical (unpaired) electrons. The molecule has 0 unspecified atom stereocenters. The summed E-state index contributed by atoms with van der Waals surface area (Å²) in [5.41, 5.74) is 2.66. The predicted molar refractivity (Wildman–Crippen MR) is 104 cm³/mol. The number of carbonyl (C=O) groups is 1. The highest BCUT2D eigenvalue weighted by molar-refractivity contribution is 5.95. The molecule has 0 bridgehead atoms. The minimum atomic E-state index is -0.299. The third-order valence-corrected chi connectivity index (χ3v) is 4.86. The molecule has 7 heteroatoms. The van der Waals surface area contributed by atoms with Gasteiger partial charge in [0.25, 0.3) is 5.91 Å². The van der Waals surface area contributed by atoms with Crippen LogP contribution in [0.2, 0.25) is 0 Å². The lowest BCUT2D eigenvalue weighted by Crippen LogP contribution is -2.33. The zero-order valence-corrected chi connectivity index (χ0v) is 15.3. The van der Waals surface area contributed by atoms with Gasteiger partial charge in [0.15, 0.2) is 5.43 Å². The Morgan fingerprint density at radius 1 is 1.30 bits per heavy atom. The maximum absolute atomic E-state index is 12.8. The van der Waals surface area contributed by atoms with Gasteiger partial charge in [0, 0.05) is 42.8 Å². The number of H-pyrrole nitrogens is 1. The van der Waals surface area contributed by atoms with Gasteiger partial charge >= 0.3 is 0 Å². The number of para-hydroxylation sites is 1. The van der Waals surface area contributed by atoms with Crippen LogP contribution in [0.25, 0.3) is 10.9 Å². The van der Waals surface area contributed by atoms with Gasteiger partial charge in [-0.2, -0.15) is 0 Å². The van der Waals surface area contributed by atoms with Crippen LogP contribution in [0.3, 0.4) is 0 Å². The first-order valence-electron chi connectivity index (χ1n) is 8.99. The van der Waals surface area contributed by atoms with Crippen LogP contribution in [0.1, 0.15) is 40.6 Å². The average molecular weight is 363 g/mol. The number of aryl methyl sites for hydroxylation is 1. The van der Waals surface area contributed by atoms with Crippen molar-refractivity contribution in [2.24, 2.45) is 0 Å². The predicted octanol–water partition coefficient (Wildman–Crippen LogP) is 2.19. The number of benzene rings is 1. The Hall–Kier alpha value is -3.22. The van der Waals surface area contributed by atoms with Crippen LogP contribution in [0.4, 0.5) is 5.95 Å². The molecule has 0 spiro atoms. The Morgan fingerprint density at radius 2 is 2.11 bits per heavy atom. The number of aromatic amines is 1. The molecular weight excluding hydrogens is 342 g/mol. The SMILES string of the molecule is CN(C)c1ncc2c(n1)CCC[C@@H]2NC(=O)c1cc(=O)c2ccccc2[nH]1. The average Bonchev–Trinajstić information content (AvgIpc) is 2.67. The molecule has 1 aliphatic carbocycles. The third-order valence-electron chi connectivity index (χ3n) is 4.86. The first-order chi connectivity index (χ1) is 13.0. The second-order valence-electron chi connectivity index (χ2n) is 6.98. The summed E-state index contributed by atoms with van der Waals surface area (Å²) in [4.78, 5) is 38.9. The van der Waals surface area contributed by atoms with Crippen molar-refractivity contribution in [3.63, 3.8) is 0 Å². The van der Waals surface area contributed by atoms with Crippen molar-refractivity contribution in [2.75, 3.05) is 19.0 Å². The number of rotatable bonds is 3. The smallest absolute Gasteiger partial charge is 0.268 e. The second-order valence-corrected chi connectivity index (χ2v) is 6.98. The number of amides is 1. The van der Waals surface area contributed by atoms with Crippen molar-refractivity contribution < 1.29 is 4.79 Å². The van der Waals surface area contributed by atoms with E-state index in [4.69, 9.17) is 0 Å². The Balaban J connectivity index is 1.62. The number of nitrogens with zero attached hydrogens (tertiary/aromatic N) is 3. The fraction of sp³-hybridized carbons (Fsp3) is 0.300. The van der Waals surface area contributed by atoms with E-state index in [1.807, 2.05) is 25.1 Å². The van der Waals surface area contributed by atoms with Gasteiger partial charge in [0.2, 0.25) is 5.95 Å². The lowest BCUT2D eigenvalue weighted by Gasteiger charge is -2.26. The molecule has 1 aliphatic rings. The first-order valence-corrected chi connectivity index (χ1v) is 8.99. The van der Waals surface area contributed by atoms with E-state index in [9.17, 15) is 9.59 Å². The maximum atomic E-state index is 12.8. The molecule has 2 N–H and O–H groups in total. The summed E-state index contributed by atoms with van der Waals surface area (Å²) in [6, 6.07) is 8.36. The van der Waals surface area contributed by atoms with E-state index in [1.54, 1.807) is 24.4 Å². The number of nitrogens with one attached hydrogen (secondary N) is 2. The zero-order chi connectivity index (χ0) is 19.0. The summed E-state index contributed by atoms with van der Waals surface area (Å²) in [6.45, 7) is 0. The van der Waals surface area contributed by atoms with Gasteiger partial charge in [-0.15, -0.1) is 0 Å². The van der Waals surface area contributed by atoms with E-state index in [1.165, 1.54) is 6.07 Å². The topological polar surface area (TPSA) is 91.0 Å². The van der Waals surface area contributed by atoms with E-state index in [2.05, 4.69) is 20.3 Å². The van der Waals surface area contributed by atoms with Gasteiger partial charge in [-0.05, 0) is 31.4 Å². The monoisotopic (exact) mass is 363 g/mol. The zero-order valence-electron chi connectivity index (χ0n) is 15.3. The van der Waals surface area contributed by atoms with Crippen LogP contribution in [-0.4, -0.2) is 35.0 Å². The quantitative estimate of drug-likeness (QED) is 0.744. The highest BCUT2D eigenvalue weighted by atomic mass is 16.2. The molecular formula is C20H21N5O2. The number of anilines is 1. The third kappa shape index (κ3) is 3.28. The second kappa shape index (κ2) is 6.83. The van der Waals surface area contributed by atoms with E-state index >= 15 is 0 Å². The number of aromatic nitrogens is 3. The van der Waals surface area contributed by atoms with Crippen LogP contribution < -0.4 is 15.6 Å². The molecule has 27 heavy (non-hydrogen) atoms. The van der Waals surface area contributed by atoms with E-state index in [-0.39, 0.29) is 23.1 Å². The standard InChI is InChI=1S/C20H21N5O2/c1-25(2)20-21-11-13-15(8-5-9-16(13)24-20)23-19(27)17-10-18(26)12-6-3-4-7-14(12)22-17/h3-4,6-7,10-11,15H,5,8-9H2,1-2H3,(H,22,26)(H,23,27)/t15-/m0/s1. The molecule has 0 saturated carbocycles. The lowest BCUT2D eigenvalue weighted by atomic mass is 9.92. The summed E-state index contributed by atoms with van der Waals surface area (Å²) in [6.07, 6.45) is 4.43. The van der Waals surface area contributed by atoms with Gasteiger partial charge < -0.3 is 15.2 Å². The highest BCUT2D eigenvalue weighted by Gasteiger charge is 2.25. The van der Waals surface area contributed by atoms with E-state index < -0.39 is 0 Å². The molecule has 2 aromatic heterocycles. The van der Waals surface area contributed by atoms with Gasteiger partial charge in [0.05, 0.1) is 11.7 Å². The summed E-state index contributed by atoms with van der Waals surface area (Å²) in [7, 11) is 3.81. The van der Waals surface area contributed by atoms with Gasteiger partial charge in [-0.1, -0.05) is 12.1 Å². The molecule has 1 aromatic carbocycles. The Bertz CT molecular complexity index is 1070. The molecule has 1 amide bonds. The largest absolute Gasteiger partial charge is 0.350 e. The Morgan fingerprint density at radius 3 is 2.93 bits per heavy atom. The summed E-state index contributed by atoms with van der Waals surface area (Å²) >= 11 is 0. The summed E-state index contributed by atoms with van der Waals surface area (Å²) in [5.74, 6) is 0.368.